The van der Waals surface area contributed by atoms with Crippen molar-refractivity contribution < 1.29 is 28.2 Å². The molecule has 1 atom stereocenters. The second kappa shape index (κ2) is 13.2. The Bertz CT molecular complexity index is 1770. The number of likely N-dealkylation sites (tertiary alicyclic amines) is 1. The van der Waals surface area contributed by atoms with Gasteiger partial charge in [0.1, 0.15) is 24.2 Å². The second-order valence-electron chi connectivity index (χ2n) is 11.0. The minimum Gasteiger partial charge on any atom is -0.445 e. The van der Waals surface area contributed by atoms with Crippen LogP contribution in [0.2, 0.25) is 0 Å². The Labute approximate surface area is 258 Å². The van der Waals surface area contributed by atoms with Gasteiger partial charge in [0.15, 0.2) is 0 Å². The Morgan fingerprint density at radius 1 is 0.889 bits per heavy atom. The summed E-state index contributed by atoms with van der Waals surface area (Å²) in [6, 6.07) is 19.5. The number of H-pyrrole nitrogens is 1. The first-order valence-electron chi connectivity index (χ1n) is 14.9. The van der Waals surface area contributed by atoms with Crippen LogP contribution in [0.15, 0.2) is 77.6 Å². The van der Waals surface area contributed by atoms with Gasteiger partial charge in [-0.3, -0.25) is 19.3 Å². The Morgan fingerprint density at radius 3 is 2.44 bits per heavy atom. The molecule has 45 heavy (non-hydrogen) atoms. The van der Waals surface area contributed by atoms with Crippen LogP contribution in [0.5, 0.6) is 11.6 Å². The van der Waals surface area contributed by atoms with Gasteiger partial charge in [0.2, 0.25) is 11.8 Å². The topological polar surface area (TPSA) is 125 Å². The Balaban J connectivity index is 1.07. The number of aromatic nitrogens is 2. The van der Waals surface area contributed by atoms with Crippen molar-refractivity contribution in [1.82, 2.24) is 24.9 Å². The molecule has 11 nitrogen and oxygen atoms in total. The number of amides is 3. The highest BCUT2D eigenvalue weighted by Crippen LogP contribution is 2.28. The number of carbonyl (C=O) groups is 3. The van der Waals surface area contributed by atoms with E-state index >= 15 is 0 Å². The standard InChI is InChI=1S/C33H32FN5O6/c34-26-13-7-12-25-28(26)29(40)35-36-30(25)45-24-11-6-10-23(20-24)31(41)37-16-18-38(19-17-37)32(42)27-14-4-5-15-39(27)33(43)44-21-22-8-2-1-3-9-22/h1-3,6-13,20,27H,4-5,14-19,21H2,(H,35,40). The fourth-order valence-corrected chi connectivity index (χ4v) is 5.77. The summed E-state index contributed by atoms with van der Waals surface area (Å²) in [5.74, 6) is -0.771. The van der Waals surface area contributed by atoms with Gasteiger partial charge in [0.05, 0.1) is 10.8 Å². The molecule has 6 rings (SSSR count). The van der Waals surface area contributed by atoms with Gasteiger partial charge < -0.3 is 19.3 Å². The molecule has 3 aromatic carbocycles. The highest BCUT2D eigenvalue weighted by Gasteiger charge is 2.37. The molecule has 4 aromatic rings. The predicted molar refractivity (Wildman–Crippen MR) is 162 cm³/mol. The van der Waals surface area contributed by atoms with E-state index in [9.17, 15) is 23.6 Å². The zero-order valence-corrected chi connectivity index (χ0v) is 24.5. The number of hydrogen-bond donors (Lipinski definition) is 1. The number of nitrogens with one attached hydrogen (secondary N) is 1. The highest BCUT2D eigenvalue weighted by atomic mass is 19.1. The molecule has 0 saturated carbocycles. The third kappa shape index (κ3) is 6.49. The average Bonchev–Trinajstić information content (AvgIpc) is 3.08. The molecule has 2 aliphatic heterocycles. The molecule has 2 fully saturated rings. The molecule has 0 radical (unpaired) electrons. The molecule has 2 aliphatic rings. The van der Waals surface area contributed by atoms with Gasteiger partial charge in [-0.05, 0) is 55.2 Å². The molecule has 12 heteroatoms. The summed E-state index contributed by atoms with van der Waals surface area (Å²) in [6.45, 7) is 1.92. The minimum atomic E-state index is -0.693. The van der Waals surface area contributed by atoms with E-state index in [1.165, 1.54) is 23.1 Å². The van der Waals surface area contributed by atoms with Gasteiger partial charge in [-0.25, -0.2) is 14.3 Å². The summed E-state index contributed by atoms with van der Waals surface area (Å²) in [5.41, 5.74) is 0.573. The molecule has 3 amide bonds. The maximum Gasteiger partial charge on any atom is 0.410 e. The zero-order chi connectivity index (χ0) is 31.3. The van der Waals surface area contributed by atoms with E-state index in [1.807, 2.05) is 30.3 Å². The lowest BCUT2D eigenvalue weighted by atomic mass is 10.0. The van der Waals surface area contributed by atoms with Gasteiger partial charge in [-0.2, -0.15) is 0 Å². The number of halogens is 1. The van der Waals surface area contributed by atoms with Crippen LogP contribution in [0.25, 0.3) is 10.8 Å². The molecule has 1 aromatic heterocycles. The lowest BCUT2D eigenvalue weighted by Crippen LogP contribution is -2.57. The van der Waals surface area contributed by atoms with E-state index in [0.717, 1.165) is 18.4 Å². The molecule has 2 saturated heterocycles. The van der Waals surface area contributed by atoms with Crippen LogP contribution in [0.1, 0.15) is 35.2 Å². The lowest BCUT2D eigenvalue weighted by molar-refractivity contribution is -0.139. The summed E-state index contributed by atoms with van der Waals surface area (Å²) in [4.78, 5) is 56.9. The van der Waals surface area contributed by atoms with Crippen molar-refractivity contribution in [2.24, 2.45) is 0 Å². The number of rotatable bonds is 6. The van der Waals surface area contributed by atoms with Crippen molar-refractivity contribution in [2.45, 2.75) is 31.9 Å². The van der Waals surface area contributed by atoms with E-state index < -0.39 is 23.5 Å². The van der Waals surface area contributed by atoms with E-state index in [-0.39, 0.29) is 40.8 Å². The van der Waals surface area contributed by atoms with Crippen LogP contribution in [-0.2, 0) is 16.1 Å². The molecule has 0 bridgehead atoms. The van der Waals surface area contributed by atoms with E-state index in [1.54, 1.807) is 34.1 Å². The van der Waals surface area contributed by atoms with Gasteiger partial charge in [-0.1, -0.05) is 42.5 Å². The van der Waals surface area contributed by atoms with Crippen LogP contribution in [-0.4, -0.2) is 81.6 Å². The maximum atomic E-state index is 14.3. The third-order valence-corrected chi connectivity index (χ3v) is 8.13. The third-order valence-electron chi connectivity index (χ3n) is 8.13. The number of piperazine rings is 1. The van der Waals surface area contributed by atoms with Crippen LogP contribution in [0.4, 0.5) is 9.18 Å². The van der Waals surface area contributed by atoms with E-state index in [2.05, 4.69) is 10.2 Å². The zero-order valence-electron chi connectivity index (χ0n) is 24.5. The first kappa shape index (κ1) is 29.8. The van der Waals surface area contributed by atoms with Crippen molar-refractivity contribution in [3.05, 3.63) is 100 Å². The van der Waals surface area contributed by atoms with E-state index in [4.69, 9.17) is 9.47 Å². The number of hydrogen-bond acceptors (Lipinski definition) is 7. The van der Waals surface area contributed by atoms with Crippen molar-refractivity contribution in [2.75, 3.05) is 32.7 Å². The number of carbonyl (C=O) groups excluding carboxylic acids is 3. The predicted octanol–water partition coefficient (Wildman–Crippen LogP) is 4.33. The highest BCUT2D eigenvalue weighted by molar-refractivity contribution is 5.95. The van der Waals surface area contributed by atoms with Crippen LogP contribution in [0, 0.1) is 5.82 Å². The molecule has 0 aliphatic carbocycles. The summed E-state index contributed by atoms with van der Waals surface area (Å²) < 4.78 is 25.7. The molecule has 0 spiro atoms. The Kier molecular flexibility index (Phi) is 8.72. The van der Waals surface area contributed by atoms with Crippen molar-refractivity contribution in [1.29, 1.82) is 0 Å². The number of piperidine rings is 1. The van der Waals surface area contributed by atoms with Gasteiger partial charge in [0.25, 0.3) is 11.5 Å². The Hall–Kier alpha value is -5.26. The quantitative estimate of drug-likeness (QED) is 0.343. The monoisotopic (exact) mass is 613 g/mol. The van der Waals surface area contributed by atoms with Crippen molar-refractivity contribution in [3.8, 4) is 11.6 Å². The average molecular weight is 614 g/mol. The number of fused-ring (bicyclic) bond motifs is 1. The smallest absolute Gasteiger partial charge is 0.410 e. The summed E-state index contributed by atoms with van der Waals surface area (Å²) in [5, 5.41) is 6.21. The first-order chi connectivity index (χ1) is 21.9. The number of aromatic amines is 1. The number of nitrogens with zero attached hydrogens (tertiary/aromatic N) is 4. The molecule has 1 N–H and O–H groups in total. The fraction of sp³-hybridized carbons (Fsp3) is 0.303. The van der Waals surface area contributed by atoms with Gasteiger partial charge >= 0.3 is 6.09 Å². The maximum absolute atomic E-state index is 14.3. The molecular weight excluding hydrogens is 581 g/mol. The van der Waals surface area contributed by atoms with Crippen molar-refractivity contribution >= 4 is 28.7 Å². The van der Waals surface area contributed by atoms with Crippen LogP contribution in [0.3, 0.4) is 0 Å². The molecule has 232 valence electrons. The SMILES string of the molecule is O=C(c1cccc(Oc2n[nH]c(=O)c3c(F)cccc23)c1)N1CCN(C(=O)C2CCCCN2C(=O)OCc2ccccc2)CC1. The lowest BCUT2D eigenvalue weighted by Gasteiger charge is -2.40. The number of ether oxygens (including phenoxy) is 2. The molecular formula is C33H32FN5O6. The molecule has 3 heterocycles. The number of benzene rings is 3. The summed E-state index contributed by atoms with van der Waals surface area (Å²) in [7, 11) is 0. The van der Waals surface area contributed by atoms with Crippen LogP contribution >= 0.6 is 0 Å². The van der Waals surface area contributed by atoms with Gasteiger partial charge in [-0.15, -0.1) is 5.10 Å². The molecule has 1 unspecified atom stereocenters. The summed E-state index contributed by atoms with van der Waals surface area (Å²) in [6.07, 6.45) is 1.72. The van der Waals surface area contributed by atoms with E-state index in [0.29, 0.717) is 44.7 Å². The largest absolute Gasteiger partial charge is 0.445 e. The second-order valence-corrected chi connectivity index (χ2v) is 11.0. The minimum absolute atomic E-state index is 0.00142. The summed E-state index contributed by atoms with van der Waals surface area (Å²) >= 11 is 0. The first-order valence-corrected chi connectivity index (χ1v) is 14.9. The van der Waals surface area contributed by atoms with Crippen molar-refractivity contribution in [3.63, 3.8) is 0 Å². The normalized spacial score (nSPS) is 16.8. The fourth-order valence-electron chi connectivity index (χ4n) is 5.77. The van der Waals surface area contributed by atoms with Gasteiger partial charge in [0, 0.05) is 38.3 Å². The van der Waals surface area contributed by atoms with Crippen LogP contribution < -0.4 is 10.3 Å². The Morgan fingerprint density at radius 2 is 1.64 bits per heavy atom.